The lowest BCUT2D eigenvalue weighted by molar-refractivity contribution is -0.929. The molecule has 0 aromatic carbocycles. The lowest BCUT2D eigenvalue weighted by Crippen LogP contribution is -2.73. The number of aryl methyl sites for hydroxylation is 1. The van der Waals surface area contributed by atoms with Crippen LogP contribution in [0.1, 0.15) is 38.8 Å². The molecule has 0 bridgehead atoms. The number of amides is 1. The smallest absolute Gasteiger partial charge is 0.435 e. The summed E-state index contributed by atoms with van der Waals surface area (Å²) >= 11 is 0. The Morgan fingerprint density at radius 2 is 2.17 bits per heavy atom. The molecule has 1 aliphatic heterocycles. The van der Waals surface area contributed by atoms with E-state index in [9.17, 15) is 9.90 Å². The summed E-state index contributed by atoms with van der Waals surface area (Å²) in [5, 5.41) is 9.88. The van der Waals surface area contributed by atoms with Crippen LogP contribution in [0.2, 0.25) is 0 Å². The number of aromatic nitrogens is 1. The van der Waals surface area contributed by atoms with E-state index in [0.717, 1.165) is 30.8 Å². The minimum absolute atomic E-state index is 0.0308. The van der Waals surface area contributed by atoms with E-state index in [0.29, 0.717) is 12.4 Å². The first-order chi connectivity index (χ1) is 10.6. The van der Waals surface area contributed by atoms with Gasteiger partial charge in [0.1, 0.15) is 23.9 Å². The molecular weight excluding hydrogens is 292 g/mol. The van der Waals surface area contributed by atoms with E-state index in [1.807, 2.05) is 46.9 Å². The van der Waals surface area contributed by atoms with Crippen LogP contribution in [0.4, 0.5) is 10.6 Å². The number of pyridine rings is 1. The van der Waals surface area contributed by atoms with Crippen LogP contribution in [0.25, 0.3) is 0 Å². The van der Waals surface area contributed by atoms with Crippen LogP contribution in [0, 0.1) is 6.92 Å². The van der Waals surface area contributed by atoms with Gasteiger partial charge in [0.05, 0.1) is 6.54 Å². The van der Waals surface area contributed by atoms with Crippen molar-refractivity contribution in [3.63, 3.8) is 0 Å². The highest BCUT2D eigenvalue weighted by Gasteiger charge is 2.54. The number of carbonyl (C=O) groups is 1. The number of nitrogens with two attached hydrogens (primary N) is 1. The van der Waals surface area contributed by atoms with Crippen molar-refractivity contribution in [1.29, 1.82) is 0 Å². The number of nitrogens with zero attached hydrogens (tertiary/aromatic N) is 3. The molecule has 0 spiro atoms. The zero-order valence-corrected chi connectivity index (χ0v) is 14.8. The Bertz CT molecular complexity index is 597. The van der Waals surface area contributed by atoms with Gasteiger partial charge >= 0.3 is 6.09 Å². The molecule has 3 N–H and O–H groups in total. The third kappa shape index (κ3) is 3.19. The highest BCUT2D eigenvalue weighted by atomic mass is 16.4. The van der Waals surface area contributed by atoms with Crippen LogP contribution >= 0.6 is 0 Å². The van der Waals surface area contributed by atoms with Gasteiger partial charge < -0.3 is 10.8 Å². The molecule has 1 saturated heterocycles. The molecule has 0 saturated carbocycles. The molecule has 1 aromatic heterocycles. The number of hydrogen-bond acceptors (Lipinski definition) is 4. The van der Waals surface area contributed by atoms with Crippen molar-refractivity contribution < 1.29 is 14.4 Å². The summed E-state index contributed by atoms with van der Waals surface area (Å²) in [6, 6.07) is 1.92. The van der Waals surface area contributed by atoms with E-state index in [2.05, 4.69) is 9.88 Å². The highest BCUT2D eigenvalue weighted by molar-refractivity contribution is 5.58. The molecule has 2 heterocycles. The molecule has 128 valence electrons. The standard InChI is InChI=1S/C17H28N4O2/c1-12-8-15(18)19-9-14(12)11-20-6-7-21(16(22)23,13(2)10-20)17(3,4)5/h8-9,13H,6-7,10-11H2,1-5H3,(H2-,18,19,22,23)/p+1/t13-,21?/m0/s1. The Labute approximate surface area is 138 Å². The SMILES string of the molecule is Cc1cc(N)ncc1CN1CC[N+](C(=O)O)(C(C)(C)C)[C@@H](C)C1. The molecule has 2 atom stereocenters. The molecule has 23 heavy (non-hydrogen) atoms. The average Bonchev–Trinajstić information content (AvgIpc) is 2.40. The van der Waals surface area contributed by atoms with Gasteiger partial charge in [-0.05, 0) is 51.8 Å². The van der Waals surface area contributed by atoms with Crippen molar-refractivity contribution in [2.45, 2.75) is 52.7 Å². The lowest BCUT2D eigenvalue weighted by Gasteiger charge is -2.52. The van der Waals surface area contributed by atoms with Gasteiger partial charge in [-0.3, -0.25) is 4.90 Å². The first kappa shape index (κ1) is 17.7. The first-order valence-corrected chi connectivity index (χ1v) is 8.12. The van der Waals surface area contributed by atoms with Crippen LogP contribution in [0.5, 0.6) is 0 Å². The van der Waals surface area contributed by atoms with Gasteiger partial charge in [0.15, 0.2) is 0 Å². The van der Waals surface area contributed by atoms with Crippen LogP contribution < -0.4 is 5.73 Å². The average molecular weight is 321 g/mol. The fourth-order valence-electron chi connectivity index (χ4n) is 3.85. The number of carboxylic acid groups (broad SMARTS) is 1. The Hall–Kier alpha value is -1.66. The van der Waals surface area contributed by atoms with E-state index in [1.54, 1.807) is 0 Å². The van der Waals surface area contributed by atoms with Gasteiger partial charge in [-0.15, -0.1) is 0 Å². The van der Waals surface area contributed by atoms with Crippen LogP contribution in [0.15, 0.2) is 12.3 Å². The Balaban J connectivity index is 2.16. The van der Waals surface area contributed by atoms with Gasteiger partial charge in [0, 0.05) is 19.3 Å². The van der Waals surface area contributed by atoms with Crippen molar-refractivity contribution in [2.75, 3.05) is 25.4 Å². The molecule has 6 nitrogen and oxygen atoms in total. The van der Waals surface area contributed by atoms with Crippen LogP contribution in [-0.2, 0) is 6.54 Å². The number of quaternary nitrogens is 1. The van der Waals surface area contributed by atoms with Crippen molar-refractivity contribution in [3.05, 3.63) is 23.4 Å². The quantitative estimate of drug-likeness (QED) is 0.818. The molecule has 1 unspecified atom stereocenters. The Kier molecular flexibility index (Phi) is 4.69. The zero-order chi connectivity index (χ0) is 17.4. The van der Waals surface area contributed by atoms with Gasteiger partial charge in [-0.2, -0.15) is 4.79 Å². The summed E-state index contributed by atoms with van der Waals surface area (Å²) < 4.78 is 0.114. The lowest BCUT2D eigenvalue weighted by atomic mass is 9.95. The summed E-state index contributed by atoms with van der Waals surface area (Å²) in [7, 11) is 0. The molecule has 1 amide bonds. The normalized spacial score (nSPS) is 26.2. The zero-order valence-electron chi connectivity index (χ0n) is 14.8. The third-order valence-corrected chi connectivity index (χ3v) is 5.22. The second-order valence-electron chi connectivity index (χ2n) is 7.67. The first-order valence-electron chi connectivity index (χ1n) is 8.12. The molecule has 0 radical (unpaired) electrons. The molecule has 2 rings (SSSR count). The number of hydrogen-bond donors (Lipinski definition) is 2. The largest absolute Gasteiger partial charge is 0.514 e. The van der Waals surface area contributed by atoms with Crippen LogP contribution in [0.3, 0.4) is 0 Å². The van der Waals surface area contributed by atoms with E-state index >= 15 is 0 Å². The Morgan fingerprint density at radius 3 is 2.65 bits per heavy atom. The number of piperazine rings is 1. The maximum atomic E-state index is 12.0. The molecular formula is C17H29N4O2+. The second kappa shape index (κ2) is 6.09. The molecule has 0 aliphatic carbocycles. The molecule has 1 aliphatic rings. The van der Waals surface area contributed by atoms with Crippen molar-refractivity contribution in [1.82, 2.24) is 9.88 Å². The number of nitrogen functional groups attached to an aromatic ring is 1. The monoisotopic (exact) mass is 321 g/mol. The molecule has 1 aromatic rings. The maximum Gasteiger partial charge on any atom is 0.514 e. The third-order valence-electron chi connectivity index (χ3n) is 5.22. The second-order valence-corrected chi connectivity index (χ2v) is 7.67. The van der Waals surface area contributed by atoms with Crippen molar-refractivity contribution in [3.8, 4) is 0 Å². The van der Waals surface area contributed by atoms with Crippen molar-refractivity contribution >= 4 is 11.9 Å². The van der Waals surface area contributed by atoms with Crippen LogP contribution in [-0.4, -0.2) is 56.8 Å². The summed E-state index contributed by atoms with van der Waals surface area (Å²) in [5.74, 6) is 0.535. The predicted molar refractivity (Wildman–Crippen MR) is 91.0 cm³/mol. The summed E-state index contributed by atoms with van der Waals surface area (Å²) in [6.45, 7) is 13.0. The Morgan fingerprint density at radius 1 is 1.52 bits per heavy atom. The number of rotatable bonds is 2. The van der Waals surface area contributed by atoms with Gasteiger partial charge in [-0.25, -0.2) is 9.47 Å². The fourth-order valence-corrected chi connectivity index (χ4v) is 3.85. The summed E-state index contributed by atoms with van der Waals surface area (Å²) in [6.07, 6.45) is 1.10. The highest BCUT2D eigenvalue weighted by Crippen LogP contribution is 2.32. The topological polar surface area (TPSA) is 79.5 Å². The van der Waals surface area contributed by atoms with E-state index in [-0.39, 0.29) is 16.1 Å². The summed E-state index contributed by atoms with van der Waals surface area (Å²) in [4.78, 5) is 18.5. The van der Waals surface area contributed by atoms with E-state index < -0.39 is 6.09 Å². The van der Waals surface area contributed by atoms with Gasteiger partial charge in [-0.1, -0.05) is 0 Å². The van der Waals surface area contributed by atoms with E-state index in [4.69, 9.17) is 5.73 Å². The minimum Gasteiger partial charge on any atom is -0.435 e. The van der Waals surface area contributed by atoms with E-state index in [1.165, 1.54) is 0 Å². The predicted octanol–water partition coefficient (Wildman–Crippen LogP) is 2.47. The fraction of sp³-hybridized carbons (Fsp3) is 0.647. The van der Waals surface area contributed by atoms with Crippen molar-refractivity contribution in [2.24, 2.45) is 0 Å². The maximum absolute atomic E-state index is 12.0. The number of anilines is 1. The van der Waals surface area contributed by atoms with Gasteiger partial charge in [0.2, 0.25) is 0 Å². The molecule has 6 heteroatoms. The van der Waals surface area contributed by atoms with Gasteiger partial charge in [0.25, 0.3) is 0 Å². The molecule has 1 fully saturated rings. The minimum atomic E-state index is -0.727. The summed E-state index contributed by atoms with van der Waals surface area (Å²) in [5.41, 5.74) is 7.66.